The lowest BCUT2D eigenvalue weighted by Crippen LogP contribution is -2.26. The van der Waals surface area contributed by atoms with E-state index in [9.17, 15) is 4.79 Å². The quantitative estimate of drug-likeness (QED) is 0.771. The number of anilines is 1. The third-order valence-corrected chi connectivity index (χ3v) is 2.22. The standard InChI is InChI=1S/C9H11N5O2/c1-5(9(15)16)13-7-6-8(11-3-10-7)14(2)4-12-6/h3-5H,1-2H3,(H,15,16)(H,10,11,13). The van der Waals surface area contributed by atoms with Gasteiger partial charge in [0, 0.05) is 7.05 Å². The van der Waals surface area contributed by atoms with Crippen LogP contribution in [0, 0.1) is 0 Å². The van der Waals surface area contributed by atoms with Gasteiger partial charge in [-0.05, 0) is 6.92 Å². The van der Waals surface area contributed by atoms with E-state index in [1.807, 2.05) is 7.05 Å². The predicted octanol–water partition coefficient (Wildman–Crippen LogP) is 0.248. The molecule has 2 aromatic rings. The van der Waals surface area contributed by atoms with Gasteiger partial charge < -0.3 is 15.0 Å². The van der Waals surface area contributed by atoms with Gasteiger partial charge in [-0.15, -0.1) is 0 Å². The smallest absolute Gasteiger partial charge is 0.325 e. The summed E-state index contributed by atoms with van der Waals surface area (Å²) in [6.07, 6.45) is 2.98. The van der Waals surface area contributed by atoms with E-state index in [1.54, 1.807) is 17.8 Å². The van der Waals surface area contributed by atoms with Crippen molar-refractivity contribution in [3.63, 3.8) is 0 Å². The van der Waals surface area contributed by atoms with Crippen LogP contribution in [0.3, 0.4) is 0 Å². The second-order valence-corrected chi connectivity index (χ2v) is 3.45. The molecule has 0 spiro atoms. The molecule has 7 heteroatoms. The van der Waals surface area contributed by atoms with E-state index in [0.717, 1.165) is 0 Å². The molecule has 0 aliphatic heterocycles. The molecule has 0 aliphatic carbocycles. The number of hydrogen-bond acceptors (Lipinski definition) is 5. The van der Waals surface area contributed by atoms with E-state index in [-0.39, 0.29) is 0 Å². The maximum atomic E-state index is 10.7. The molecule has 0 bridgehead atoms. The van der Waals surface area contributed by atoms with E-state index >= 15 is 0 Å². The number of aryl methyl sites for hydroxylation is 1. The SMILES string of the molecule is CC(Nc1ncnc2c1ncn2C)C(=O)O. The van der Waals surface area contributed by atoms with Crippen LogP contribution in [0.1, 0.15) is 6.92 Å². The number of aliphatic carboxylic acids is 1. The molecular weight excluding hydrogens is 210 g/mol. The second kappa shape index (κ2) is 3.76. The van der Waals surface area contributed by atoms with Gasteiger partial charge in [0.1, 0.15) is 17.9 Å². The highest BCUT2D eigenvalue weighted by atomic mass is 16.4. The Labute approximate surface area is 91.2 Å². The maximum absolute atomic E-state index is 10.7. The monoisotopic (exact) mass is 221 g/mol. The fourth-order valence-corrected chi connectivity index (χ4v) is 1.32. The number of fused-ring (bicyclic) bond motifs is 1. The van der Waals surface area contributed by atoms with Gasteiger partial charge in [-0.1, -0.05) is 0 Å². The number of imidazole rings is 1. The molecule has 0 amide bonds. The van der Waals surface area contributed by atoms with Crippen molar-refractivity contribution in [3.8, 4) is 0 Å². The molecule has 0 aliphatic rings. The number of carboxylic acid groups (broad SMARTS) is 1. The molecule has 2 heterocycles. The molecule has 1 unspecified atom stereocenters. The van der Waals surface area contributed by atoms with Crippen LogP contribution in [0.25, 0.3) is 11.2 Å². The highest BCUT2D eigenvalue weighted by Gasteiger charge is 2.14. The summed E-state index contributed by atoms with van der Waals surface area (Å²) in [6, 6.07) is -0.722. The first-order valence-electron chi connectivity index (χ1n) is 4.71. The summed E-state index contributed by atoms with van der Waals surface area (Å²) in [5.74, 6) is -0.511. The molecule has 0 saturated carbocycles. The minimum atomic E-state index is -0.942. The molecule has 2 aromatic heterocycles. The second-order valence-electron chi connectivity index (χ2n) is 3.45. The summed E-state index contributed by atoms with van der Waals surface area (Å²) in [4.78, 5) is 22.9. The zero-order valence-electron chi connectivity index (χ0n) is 8.88. The summed E-state index contributed by atoms with van der Waals surface area (Å²) < 4.78 is 1.74. The lowest BCUT2D eigenvalue weighted by atomic mass is 10.3. The van der Waals surface area contributed by atoms with Crippen molar-refractivity contribution >= 4 is 23.0 Å². The first-order chi connectivity index (χ1) is 7.59. The van der Waals surface area contributed by atoms with Crippen LogP contribution < -0.4 is 5.32 Å². The number of nitrogens with zero attached hydrogens (tertiary/aromatic N) is 4. The van der Waals surface area contributed by atoms with Crippen molar-refractivity contribution in [2.75, 3.05) is 5.32 Å². The number of rotatable bonds is 3. The van der Waals surface area contributed by atoms with Gasteiger partial charge in [-0.25, -0.2) is 15.0 Å². The fourth-order valence-electron chi connectivity index (χ4n) is 1.32. The number of aromatic nitrogens is 4. The topological polar surface area (TPSA) is 92.9 Å². The summed E-state index contributed by atoms with van der Waals surface area (Å²) >= 11 is 0. The largest absolute Gasteiger partial charge is 0.480 e. The van der Waals surface area contributed by atoms with Crippen LogP contribution in [0.4, 0.5) is 5.82 Å². The molecule has 7 nitrogen and oxygen atoms in total. The van der Waals surface area contributed by atoms with Crippen molar-refractivity contribution in [1.29, 1.82) is 0 Å². The minimum absolute atomic E-state index is 0.431. The molecule has 2 rings (SSSR count). The van der Waals surface area contributed by atoms with Crippen molar-refractivity contribution < 1.29 is 9.90 Å². The molecule has 0 aromatic carbocycles. The van der Waals surface area contributed by atoms with Gasteiger partial charge in [-0.2, -0.15) is 0 Å². The Bertz CT molecular complexity index is 536. The van der Waals surface area contributed by atoms with Crippen molar-refractivity contribution in [1.82, 2.24) is 19.5 Å². The van der Waals surface area contributed by atoms with Crippen molar-refractivity contribution in [3.05, 3.63) is 12.7 Å². The van der Waals surface area contributed by atoms with Gasteiger partial charge in [0.2, 0.25) is 0 Å². The lowest BCUT2D eigenvalue weighted by molar-refractivity contribution is -0.137. The minimum Gasteiger partial charge on any atom is -0.480 e. The zero-order valence-corrected chi connectivity index (χ0v) is 8.88. The number of carbonyl (C=O) groups is 1. The molecule has 1 atom stereocenters. The molecule has 0 fully saturated rings. The third-order valence-electron chi connectivity index (χ3n) is 2.22. The highest BCUT2D eigenvalue weighted by Crippen LogP contribution is 2.16. The lowest BCUT2D eigenvalue weighted by Gasteiger charge is -2.09. The molecule has 2 N–H and O–H groups in total. The van der Waals surface area contributed by atoms with Crippen LogP contribution in [0.5, 0.6) is 0 Å². The number of carboxylic acids is 1. The maximum Gasteiger partial charge on any atom is 0.325 e. The Morgan fingerprint density at radius 3 is 2.94 bits per heavy atom. The molecular formula is C9H11N5O2. The number of hydrogen-bond donors (Lipinski definition) is 2. The Kier molecular flexibility index (Phi) is 2.43. The van der Waals surface area contributed by atoms with Gasteiger partial charge in [-0.3, -0.25) is 4.79 Å². The normalized spacial score (nSPS) is 12.6. The van der Waals surface area contributed by atoms with Crippen LogP contribution in [-0.2, 0) is 11.8 Å². The van der Waals surface area contributed by atoms with Crippen molar-refractivity contribution in [2.24, 2.45) is 7.05 Å². The van der Waals surface area contributed by atoms with E-state index in [4.69, 9.17) is 5.11 Å². The summed E-state index contributed by atoms with van der Waals surface area (Å²) in [6.45, 7) is 1.54. The average Bonchev–Trinajstić information content (AvgIpc) is 2.62. The number of nitrogens with one attached hydrogen (secondary N) is 1. The van der Waals surface area contributed by atoms with Crippen LogP contribution in [-0.4, -0.2) is 36.6 Å². The first-order valence-corrected chi connectivity index (χ1v) is 4.71. The average molecular weight is 221 g/mol. The highest BCUT2D eigenvalue weighted by molar-refractivity contribution is 5.85. The first kappa shape index (κ1) is 10.3. The molecule has 16 heavy (non-hydrogen) atoms. The Hall–Kier alpha value is -2.18. The van der Waals surface area contributed by atoms with Crippen LogP contribution in [0.2, 0.25) is 0 Å². The van der Waals surface area contributed by atoms with E-state index < -0.39 is 12.0 Å². The van der Waals surface area contributed by atoms with E-state index in [2.05, 4.69) is 20.3 Å². The van der Waals surface area contributed by atoms with Gasteiger partial charge >= 0.3 is 5.97 Å². The third kappa shape index (κ3) is 1.67. The zero-order chi connectivity index (χ0) is 11.7. The molecule has 0 saturated heterocycles. The Balaban J connectivity index is 2.41. The summed E-state index contributed by atoms with van der Waals surface area (Å²) in [5.41, 5.74) is 1.23. The van der Waals surface area contributed by atoms with Crippen LogP contribution >= 0.6 is 0 Å². The van der Waals surface area contributed by atoms with E-state index in [1.165, 1.54) is 6.33 Å². The van der Waals surface area contributed by atoms with Crippen LogP contribution in [0.15, 0.2) is 12.7 Å². The van der Waals surface area contributed by atoms with Gasteiger partial charge in [0.15, 0.2) is 11.5 Å². The summed E-state index contributed by atoms with van der Waals surface area (Å²) in [7, 11) is 1.81. The molecule has 0 radical (unpaired) electrons. The Morgan fingerprint density at radius 2 is 2.25 bits per heavy atom. The van der Waals surface area contributed by atoms with Gasteiger partial charge in [0.25, 0.3) is 0 Å². The van der Waals surface area contributed by atoms with E-state index in [0.29, 0.717) is 17.0 Å². The van der Waals surface area contributed by atoms with Crippen molar-refractivity contribution in [2.45, 2.75) is 13.0 Å². The van der Waals surface area contributed by atoms with Gasteiger partial charge in [0.05, 0.1) is 6.33 Å². The Morgan fingerprint density at radius 1 is 1.50 bits per heavy atom. The summed E-state index contributed by atoms with van der Waals surface area (Å²) in [5, 5.41) is 11.6. The predicted molar refractivity (Wildman–Crippen MR) is 57.0 cm³/mol. The molecule has 84 valence electrons. The fraction of sp³-hybridized carbons (Fsp3) is 0.333.